The number of hydrogen-bond donors (Lipinski definition) is 1. The van der Waals surface area contributed by atoms with E-state index < -0.39 is 0 Å². The molecule has 1 amide bonds. The number of aromatic amines is 1. The normalized spacial score (nSPS) is 15.1. The number of carbonyl (C=O) groups excluding carboxylic acids is 1. The fourth-order valence-corrected chi connectivity index (χ4v) is 3.49. The van der Waals surface area contributed by atoms with Crippen molar-refractivity contribution in [1.82, 2.24) is 19.5 Å². The topological polar surface area (TPSA) is 70.5 Å². The number of aromatic nitrogens is 3. The Morgan fingerprint density at radius 3 is 2.48 bits per heavy atom. The quantitative estimate of drug-likeness (QED) is 0.776. The molecule has 1 fully saturated rings. The van der Waals surface area contributed by atoms with Crippen LogP contribution in [0.3, 0.4) is 0 Å². The van der Waals surface area contributed by atoms with Gasteiger partial charge in [0.15, 0.2) is 5.65 Å². The maximum atomic E-state index is 12.5. The van der Waals surface area contributed by atoms with Gasteiger partial charge in [-0.25, -0.2) is 9.50 Å². The van der Waals surface area contributed by atoms with E-state index in [0.717, 1.165) is 24.2 Å². The highest BCUT2D eigenvalue weighted by Crippen LogP contribution is 2.26. The number of nitrogens with one attached hydrogen (secondary N) is 1. The Hall–Kier alpha value is -2.89. The third kappa shape index (κ3) is 3.39. The molecule has 0 aliphatic carbocycles. The average molecular weight is 364 g/mol. The van der Waals surface area contributed by atoms with Crippen LogP contribution in [0.25, 0.3) is 16.9 Å². The van der Waals surface area contributed by atoms with E-state index in [1.807, 2.05) is 6.07 Å². The van der Waals surface area contributed by atoms with Crippen molar-refractivity contribution in [3.63, 3.8) is 0 Å². The molecule has 1 saturated heterocycles. The second-order valence-corrected chi connectivity index (χ2v) is 8.20. The third-order valence-electron chi connectivity index (χ3n) is 5.09. The fraction of sp³-hybridized carbons (Fsp3) is 0.381. The molecule has 27 heavy (non-hydrogen) atoms. The summed E-state index contributed by atoms with van der Waals surface area (Å²) >= 11 is 0. The highest BCUT2D eigenvalue weighted by atomic mass is 16.2. The Balaban J connectivity index is 1.67. The third-order valence-corrected chi connectivity index (χ3v) is 5.09. The number of benzene rings is 1. The van der Waals surface area contributed by atoms with Crippen molar-refractivity contribution in [2.24, 2.45) is 0 Å². The summed E-state index contributed by atoms with van der Waals surface area (Å²) in [4.78, 5) is 30.6. The van der Waals surface area contributed by atoms with Gasteiger partial charge in [0, 0.05) is 25.1 Å². The zero-order chi connectivity index (χ0) is 19.2. The molecule has 0 spiro atoms. The second kappa shape index (κ2) is 6.37. The minimum absolute atomic E-state index is 0.0966. The van der Waals surface area contributed by atoms with Crippen molar-refractivity contribution < 1.29 is 4.79 Å². The molecular formula is C21H24N4O2. The molecule has 4 rings (SSSR count). The molecule has 1 aliphatic heterocycles. The van der Waals surface area contributed by atoms with E-state index in [2.05, 4.69) is 55.1 Å². The van der Waals surface area contributed by atoms with E-state index in [1.54, 1.807) is 4.90 Å². The maximum Gasteiger partial charge on any atom is 0.272 e. The van der Waals surface area contributed by atoms with Gasteiger partial charge in [-0.2, -0.15) is 0 Å². The van der Waals surface area contributed by atoms with Crippen molar-refractivity contribution in [2.45, 2.75) is 45.6 Å². The molecule has 6 heteroatoms. The molecule has 1 aliphatic rings. The molecule has 1 N–H and O–H groups in total. The summed E-state index contributed by atoms with van der Waals surface area (Å²) in [6, 6.07) is 11.7. The van der Waals surface area contributed by atoms with Gasteiger partial charge in [0.1, 0.15) is 0 Å². The molecule has 3 aromatic rings. The number of hydrogen-bond acceptors (Lipinski definition) is 3. The Bertz CT molecular complexity index is 1050. The first-order chi connectivity index (χ1) is 12.8. The van der Waals surface area contributed by atoms with Gasteiger partial charge in [-0.3, -0.25) is 14.7 Å². The summed E-state index contributed by atoms with van der Waals surface area (Å²) in [6.07, 6.45) is 1.46. The molecule has 140 valence electrons. The molecule has 0 bridgehead atoms. The van der Waals surface area contributed by atoms with Crippen molar-refractivity contribution in [3.8, 4) is 11.3 Å². The first-order valence-corrected chi connectivity index (χ1v) is 9.32. The Morgan fingerprint density at radius 2 is 1.85 bits per heavy atom. The lowest BCUT2D eigenvalue weighted by atomic mass is 9.86. The van der Waals surface area contributed by atoms with Crippen LogP contribution in [0, 0.1) is 0 Å². The van der Waals surface area contributed by atoms with E-state index in [-0.39, 0.29) is 16.9 Å². The van der Waals surface area contributed by atoms with Crippen LogP contribution in [0.15, 0.2) is 41.2 Å². The van der Waals surface area contributed by atoms with Crippen LogP contribution < -0.4 is 5.56 Å². The first kappa shape index (κ1) is 17.5. The number of fused-ring (bicyclic) bond motifs is 1. The van der Waals surface area contributed by atoms with Crippen LogP contribution in [0.1, 0.15) is 44.9 Å². The summed E-state index contributed by atoms with van der Waals surface area (Å²) in [5, 5.41) is 3.13. The van der Waals surface area contributed by atoms with E-state index in [0.29, 0.717) is 24.3 Å². The Morgan fingerprint density at radius 1 is 1.11 bits per heavy atom. The second-order valence-electron chi connectivity index (χ2n) is 8.20. The number of likely N-dealkylation sites (tertiary alicyclic amines) is 1. The summed E-state index contributed by atoms with van der Waals surface area (Å²) in [5.41, 5.74) is 4.23. The van der Waals surface area contributed by atoms with Gasteiger partial charge in [-0.05, 0) is 23.0 Å². The lowest BCUT2D eigenvalue weighted by Crippen LogP contribution is -2.26. The molecule has 0 radical (unpaired) electrons. The van der Waals surface area contributed by atoms with Gasteiger partial charge in [0.2, 0.25) is 5.91 Å². The Kier molecular flexibility index (Phi) is 4.13. The number of H-pyrrole nitrogens is 1. The molecule has 0 atom stereocenters. The zero-order valence-electron chi connectivity index (χ0n) is 16.0. The maximum absolute atomic E-state index is 12.5. The standard InChI is InChI=1S/C21H24N4O2/c1-21(2,3)15-8-6-14(7-9-15)17-12-18-22-16(11-20(27)25(18)23-17)13-24-10-4-5-19(24)26/h6-9,11-12,23H,4-5,10,13H2,1-3H3. The minimum atomic E-state index is -0.167. The predicted molar refractivity (Wildman–Crippen MR) is 105 cm³/mol. The number of rotatable bonds is 3. The van der Waals surface area contributed by atoms with Gasteiger partial charge in [-0.15, -0.1) is 0 Å². The van der Waals surface area contributed by atoms with Crippen LogP contribution >= 0.6 is 0 Å². The minimum Gasteiger partial charge on any atom is -0.337 e. The van der Waals surface area contributed by atoms with E-state index in [4.69, 9.17) is 0 Å². The predicted octanol–water partition coefficient (Wildman–Crippen LogP) is 3.11. The van der Waals surface area contributed by atoms with Gasteiger partial charge >= 0.3 is 0 Å². The number of amides is 1. The summed E-state index contributed by atoms with van der Waals surface area (Å²) in [6.45, 7) is 7.67. The van der Waals surface area contributed by atoms with Gasteiger partial charge in [0.25, 0.3) is 5.56 Å². The molecule has 0 saturated carbocycles. The van der Waals surface area contributed by atoms with Gasteiger partial charge in [0.05, 0.1) is 17.9 Å². The van der Waals surface area contributed by atoms with Crippen molar-refractivity contribution in [1.29, 1.82) is 0 Å². The van der Waals surface area contributed by atoms with Crippen LogP contribution in [-0.4, -0.2) is 31.9 Å². The molecule has 1 aromatic carbocycles. The highest BCUT2D eigenvalue weighted by molar-refractivity contribution is 5.78. The van der Waals surface area contributed by atoms with Crippen molar-refractivity contribution >= 4 is 11.6 Å². The number of carbonyl (C=O) groups is 1. The Labute approximate surface area is 157 Å². The van der Waals surface area contributed by atoms with E-state index in [9.17, 15) is 9.59 Å². The van der Waals surface area contributed by atoms with E-state index in [1.165, 1.54) is 16.1 Å². The van der Waals surface area contributed by atoms with Crippen LogP contribution in [0.2, 0.25) is 0 Å². The summed E-state index contributed by atoms with van der Waals surface area (Å²) in [5.74, 6) is 0.130. The van der Waals surface area contributed by atoms with Crippen LogP contribution in [0.5, 0.6) is 0 Å². The summed E-state index contributed by atoms with van der Waals surface area (Å²) < 4.78 is 1.45. The first-order valence-electron chi connectivity index (χ1n) is 9.32. The zero-order valence-corrected chi connectivity index (χ0v) is 16.0. The van der Waals surface area contributed by atoms with Crippen molar-refractivity contribution in [3.05, 3.63) is 58.0 Å². The summed E-state index contributed by atoms with van der Waals surface area (Å²) in [7, 11) is 0. The lowest BCUT2D eigenvalue weighted by molar-refractivity contribution is -0.128. The molecule has 2 aromatic heterocycles. The molecule has 3 heterocycles. The van der Waals surface area contributed by atoms with Crippen molar-refractivity contribution in [2.75, 3.05) is 6.54 Å². The average Bonchev–Trinajstić information content (AvgIpc) is 3.21. The number of nitrogens with zero attached hydrogens (tertiary/aromatic N) is 3. The molecule has 0 unspecified atom stereocenters. The molecule has 6 nitrogen and oxygen atoms in total. The monoisotopic (exact) mass is 364 g/mol. The SMILES string of the molecule is CC(C)(C)c1ccc(-c2cc3nc(CN4CCCC4=O)cc(=O)n3[nH]2)cc1. The van der Waals surface area contributed by atoms with E-state index >= 15 is 0 Å². The van der Waals surface area contributed by atoms with Crippen LogP contribution in [-0.2, 0) is 16.8 Å². The fourth-order valence-electron chi connectivity index (χ4n) is 3.49. The van der Waals surface area contributed by atoms with Gasteiger partial charge in [-0.1, -0.05) is 45.0 Å². The van der Waals surface area contributed by atoms with Crippen LogP contribution in [0.4, 0.5) is 0 Å². The van der Waals surface area contributed by atoms with Gasteiger partial charge < -0.3 is 4.90 Å². The largest absolute Gasteiger partial charge is 0.337 e. The highest BCUT2D eigenvalue weighted by Gasteiger charge is 2.21. The lowest BCUT2D eigenvalue weighted by Gasteiger charge is -2.18. The molecular weight excluding hydrogens is 340 g/mol. The smallest absolute Gasteiger partial charge is 0.272 e.